The minimum atomic E-state index is -4.87. The SMILES string of the molecule is CCCCCOc1cc(C)c(S(=O)(=O)C(=[N+]=[N-])S(=O)(=O)c2cc(OCCCCC)c(OCCCCC)cc2C)cc1OCCCCC. The Morgan fingerprint density at radius 3 is 1.06 bits per heavy atom. The van der Waals surface area contributed by atoms with Crippen molar-refractivity contribution in [3.63, 3.8) is 0 Å². The zero-order chi connectivity index (χ0) is 34.9. The maximum absolute atomic E-state index is 14.0. The molecule has 0 aliphatic carbocycles. The van der Waals surface area contributed by atoms with Crippen molar-refractivity contribution >= 4 is 24.1 Å². The molecule has 0 fully saturated rings. The number of nitrogens with zero attached hydrogens (tertiary/aromatic N) is 2. The molecule has 0 saturated heterocycles. The number of aryl methyl sites for hydroxylation is 2. The zero-order valence-corrected chi connectivity index (χ0v) is 30.7. The fourth-order valence-electron chi connectivity index (χ4n) is 4.89. The van der Waals surface area contributed by atoms with Crippen LogP contribution in [0, 0.1) is 13.8 Å². The van der Waals surface area contributed by atoms with Crippen LogP contribution in [0.15, 0.2) is 34.1 Å². The quantitative estimate of drug-likeness (QED) is 0.0393. The average Bonchev–Trinajstić information content (AvgIpc) is 3.03. The van der Waals surface area contributed by atoms with Gasteiger partial charge in [-0.25, -0.2) is 16.8 Å². The molecule has 0 amide bonds. The number of unbranched alkanes of at least 4 members (excludes halogenated alkanes) is 8. The van der Waals surface area contributed by atoms with E-state index in [9.17, 15) is 22.4 Å². The Bertz CT molecular complexity index is 1440. The van der Waals surface area contributed by atoms with Gasteiger partial charge in [-0.2, -0.15) is 0 Å². The predicted octanol–water partition coefficient (Wildman–Crippen LogP) is 8.41. The van der Waals surface area contributed by atoms with E-state index < -0.39 is 24.1 Å². The van der Waals surface area contributed by atoms with Crippen molar-refractivity contribution in [2.75, 3.05) is 26.4 Å². The highest BCUT2D eigenvalue weighted by Gasteiger charge is 2.46. The van der Waals surface area contributed by atoms with Gasteiger partial charge >= 0.3 is 4.38 Å². The van der Waals surface area contributed by atoms with Crippen molar-refractivity contribution in [3.8, 4) is 23.0 Å². The first kappa shape index (κ1) is 40.1. The van der Waals surface area contributed by atoms with E-state index in [-0.39, 0.29) is 32.4 Å². The molecule has 2 aromatic rings. The molecule has 0 aromatic heterocycles. The minimum Gasteiger partial charge on any atom is -0.490 e. The van der Waals surface area contributed by atoms with Gasteiger partial charge in [0.05, 0.1) is 36.2 Å². The second kappa shape index (κ2) is 20.3. The molecule has 0 aliphatic heterocycles. The average molecular weight is 695 g/mol. The van der Waals surface area contributed by atoms with Crippen LogP contribution in [-0.4, -0.2) is 52.4 Å². The van der Waals surface area contributed by atoms with Crippen molar-refractivity contribution in [2.45, 2.75) is 128 Å². The highest BCUT2D eigenvalue weighted by molar-refractivity contribution is 8.31. The van der Waals surface area contributed by atoms with E-state index >= 15 is 0 Å². The van der Waals surface area contributed by atoms with Gasteiger partial charge in [-0.1, -0.05) is 79.1 Å². The lowest BCUT2D eigenvalue weighted by atomic mass is 10.2. The smallest absolute Gasteiger partial charge is 0.490 e. The summed E-state index contributed by atoms with van der Waals surface area (Å²) in [4.78, 5) is 2.17. The molecule has 0 radical (unpaired) electrons. The van der Waals surface area contributed by atoms with E-state index in [2.05, 4.69) is 32.5 Å². The van der Waals surface area contributed by atoms with Crippen molar-refractivity contribution in [2.24, 2.45) is 0 Å². The summed E-state index contributed by atoms with van der Waals surface area (Å²) in [5.41, 5.74) is 10.4. The van der Waals surface area contributed by atoms with E-state index in [1.165, 1.54) is 38.1 Å². The second-order valence-electron chi connectivity index (χ2n) is 11.7. The zero-order valence-electron chi connectivity index (χ0n) is 29.1. The number of hydrogen-bond acceptors (Lipinski definition) is 8. The third kappa shape index (κ3) is 11.5. The van der Waals surface area contributed by atoms with Crippen LogP contribution in [0.25, 0.3) is 5.53 Å². The first-order chi connectivity index (χ1) is 22.5. The fraction of sp³-hybridized carbons (Fsp3) is 0.629. The molecule has 264 valence electrons. The summed E-state index contributed by atoms with van der Waals surface area (Å²) in [6.45, 7) is 12.9. The van der Waals surface area contributed by atoms with E-state index in [1.807, 2.05) is 0 Å². The van der Waals surface area contributed by atoms with E-state index in [0.29, 0.717) is 37.9 Å². The van der Waals surface area contributed by atoms with Gasteiger partial charge in [0.2, 0.25) is 0 Å². The summed E-state index contributed by atoms with van der Waals surface area (Å²) < 4.78 is 78.5. The maximum atomic E-state index is 14.0. The van der Waals surface area contributed by atoms with Crippen LogP contribution in [0.1, 0.15) is 116 Å². The molecular formula is C35H54N2O8S2. The number of hydrogen-bond donors (Lipinski definition) is 0. The molecule has 10 nitrogen and oxygen atoms in total. The van der Waals surface area contributed by atoms with Crippen LogP contribution in [0.4, 0.5) is 0 Å². The summed E-state index contributed by atoms with van der Waals surface area (Å²) in [7, 11) is -9.74. The summed E-state index contributed by atoms with van der Waals surface area (Å²) in [6, 6.07) is 5.56. The molecule has 2 rings (SSSR count). The van der Waals surface area contributed by atoms with E-state index in [0.717, 1.165) is 77.0 Å². The van der Waals surface area contributed by atoms with Gasteiger partial charge in [0, 0.05) is 12.1 Å². The van der Waals surface area contributed by atoms with E-state index in [4.69, 9.17) is 18.9 Å². The van der Waals surface area contributed by atoms with Crippen molar-refractivity contribution in [3.05, 3.63) is 40.9 Å². The summed E-state index contributed by atoms with van der Waals surface area (Å²) in [5, 5.41) is 0. The Hall–Kier alpha value is -3.08. The lowest BCUT2D eigenvalue weighted by molar-refractivity contribution is 0.00379. The minimum absolute atomic E-state index is 0.181. The fourth-order valence-corrected chi connectivity index (χ4v) is 8.67. The Morgan fingerprint density at radius 2 is 0.809 bits per heavy atom. The lowest BCUT2D eigenvalue weighted by Gasteiger charge is -2.17. The number of benzene rings is 2. The third-order valence-corrected chi connectivity index (χ3v) is 12.1. The highest BCUT2D eigenvalue weighted by Crippen LogP contribution is 2.37. The largest absolute Gasteiger partial charge is 0.504 e. The van der Waals surface area contributed by atoms with Gasteiger partial charge in [0.15, 0.2) is 23.0 Å². The Kier molecular flexibility index (Phi) is 17.3. The van der Waals surface area contributed by atoms with Gasteiger partial charge in [-0.05, 0) is 62.8 Å². The van der Waals surface area contributed by atoms with Crippen LogP contribution < -0.4 is 18.9 Å². The number of rotatable bonds is 22. The van der Waals surface area contributed by atoms with Gasteiger partial charge in [-0.15, -0.1) is 4.79 Å². The molecule has 0 atom stereocenters. The van der Waals surface area contributed by atoms with E-state index in [1.54, 1.807) is 0 Å². The van der Waals surface area contributed by atoms with Crippen LogP contribution in [0.3, 0.4) is 0 Å². The summed E-state index contributed by atoms with van der Waals surface area (Å²) in [5.74, 6) is 1.10. The molecule has 0 aliphatic rings. The van der Waals surface area contributed by atoms with Gasteiger partial charge in [0.25, 0.3) is 19.7 Å². The lowest BCUT2D eigenvalue weighted by Crippen LogP contribution is -2.27. The van der Waals surface area contributed by atoms with Crippen molar-refractivity contribution in [1.82, 2.24) is 0 Å². The maximum Gasteiger partial charge on any atom is 0.504 e. The van der Waals surface area contributed by atoms with Gasteiger partial charge in [-0.3, -0.25) is 0 Å². The van der Waals surface area contributed by atoms with Crippen LogP contribution in [0.2, 0.25) is 0 Å². The van der Waals surface area contributed by atoms with Crippen molar-refractivity contribution < 1.29 is 40.6 Å². The monoisotopic (exact) mass is 694 g/mol. The molecule has 0 unspecified atom stereocenters. The van der Waals surface area contributed by atoms with Crippen LogP contribution >= 0.6 is 0 Å². The Labute approximate surface area is 282 Å². The normalized spacial score (nSPS) is 11.6. The Balaban J connectivity index is 2.58. The third-order valence-electron chi connectivity index (χ3n) is 7.62. The van der Waals surface area contributed by atoms with Gasteiger partial charge < -0.3 is 24.5 Å². The topological polar surface area (TPSA) is 142 Å². The Morgan fingerprint density at radius 1 is 0.532 bits per heavy atom. The summed E-state index contributed by atoms with van der Waals surface area (Å²) >= 11 is 0. The standard InChI is InChI=1S/C35H54N2O8S2/c1-7-11-15-19-42-29-23-27(5)33(25-31(29)44-21-17-13-9-3)46(38,39)35(37-36)47(40,41)34-26-32(45-22-18-14-10-4)30(24-28(34)6)43-20-16-12-8-2/h23-26H,7-22H2,1-6H3. The van der Waals surface area contributed by atoms with Crippen LogP contribution in [-0.2, 0) is 19.7 Å². The number of sulfone groups is 2. The number of ether oxygens (including phenoxy) is 4. The first-order valence-electron chi connectivity index (χ1n) is 17.0. The van der Waals surface area contributed by atoms with Crippen LogP contribution in [0.5, 0.6) is 23.0 Å². The second-order valence-corrected chi connectivity index (χ2v) is 15.6. The molecule has 2 aromatic carbocycles. The van der Waals surface area contributed by atoms with Gasteiger partial charge in [0.1, 0.15) is 0 Å². The molecule has 0 heterocycles. The molecule has 0 N–H and O–H groups in total. The molecule has 0 saturated carbocycles. The highest BCUT2D eigenvalue weighted by atomic mass is 32.3. The molecule has 47 heavy (non-hydrogen) atoms. The summed E-state index contributed by atoms with van der Waals surface area (Å²) in [6.07, 6.45) is 10.9. The molecule has 12 heteroatoms. The first-order valence-corrected chi connectivity index (χ1v) is 20.0. The molecule has 0 bridgehead atoms. The molecule has 0 spiro atoms. The predicted molar refractivity (Wildman–Crippen MR) is 185 cm³/mol. The van der Waals surface area contributed by atoms with Crippen molar-refractivity contribution in [1.29, 1.82) is 0 Å². The molecular weight excluding hydrogens is 641 g/mol.